The van der Waals surface area contributed by atoms with Gasteiger partial charge in [-0.25, -0.2) is 4.98 Å². The van der Waals surface area contributed by atoms with E-state index in [0.717, 1.165) is 44.8 Å². The zero-order chi connectivity index (χ0) is 32.8. The average molecular weight is 814 g/mol. The molecule has 0 unspecified atom stereocenters. The second-order valence-corrected chi connectivity index (χ2v) is 12.6. The number of hydrogen-bond donors (Lipinski definition) is 0. The summed E-state index contributed by atoms with van der Waals surface area (Å²) in [6.07, 6.45) is 1.76. The summed E-state index contributed by atoms with van der Waals surface area (Å²) in [6.45, 7) is 13.3. The van der Waals surface area contributed by atoms with Gasteiger partial charge in [0.15, 0.2) is 0 Å². The van der Waals surface area contributed by atoms with Gasteiger partial charge in [0, 0.05) is 34.8 Å². The van der Waals surface area contributed by atoms with E-state index < -0.39 is 0 Å². The summed E-state index contributed by atoms with van der Waals surface area (Å²) in [5, 5.41) is 7.41. The second-order valence-electron chi connectivity index (χ2n) is 12.6. The molecule has 4 aromatic carbocycles. The van der Waals surface area contributed by atoms with Gasteiger partial charge in [-0.1, -0.05) is 69.6 Å². The molecule has 244 valence electrons. The number of aryl methyl sites for hydroxylation is 2. The van der Waals surface area contributed by atoms with Crippen LogP contribution in [0.25, 0.3) is 44.4 Å². The first-order valence-corrected chi connectivity index (χ1v) is 16.1. The van der Waals surface area contributed by atoms with E-state index in [1.807, 2.05) is 48.5 Å². The Bertz CT molecular complexity index is 2240. The minimum atomic E-state index is 0. The van der Waals surface area contributed by atoms with Crippen LogP contribution in [-0.2, 0) is 21.1 Å². The topological polar surface area (TPSA) is 54.1 Å². The minimum Gasteiger partial charge on any atom is -0.509 e. The fraction of sp³-hybridized carbons (Fsp3) is 0.220. The van der Waals surface area contributed by atoms with Gasteiger partial charge in [0.1, 0.15) is 11.6 Å². The maximum atomic E-state index is 6.48. The maximum absolute atomic E-state index is 6.48. The standard InChI is InChI=1S/C41H38N4O2.Pt/c1-25(2)40-39(38-27(5)12-10-13-28(38)6)41(26(3)4)45(43-40)29-14-11-15-31(22-29)47-32-18-19-34-33-16-8-9-17-35(33)44(36(34)23-32)37-24-30(46-7)20-21-42-37;/h8-21,24-26H,1-7H3;/q-2;+2. The molecule has 0 aliphatic heterocycles. The van der Waals surface area contributed by atoms with Gasteiger partial charge in [-0.3, -0.25) is 4.68 Å². The van der Waals surface area contributed by atoms with Crippen molar-refractivity contribution in [2.45, 2.75) is 53.4 Å². The molecule has 0 N–H and O–H groups in total. The number of fused-ring (bicyclic) bond motifs is 3. The smallest absolute Gasteiger partial charge is 0.509 e. The van der Waals surface area contributed by atoms with Crippen molar-refractivity contribution in [2.75, 3.05) is 7.11 Å². The van der Waals surface area contributed by atoms with E-state index in [4.69, 9.17) is 14.6 Å². The molecule has 7 aromatic rings. The van der Waals surface area contributed by atoms with E-state index in [1.165, 1.54) is 27.9 Å². The molecule has 0 fully saturated rings. The maximum Gasteiger partial charge on any atom is 2.00 e. The molecule has 0 saturated carbocycles. The Kier molecular flexibility index (Phi) is 9.31. The quantitative estimate of drug-likeness (QED) is 0.143. The third-order valence-electron chi connectivity index (χ3n) is 8.71. The third kappa shape index (κ3) is 5.83. The minimum absolute atomic E-state index is 0. The Morgan fingerprint density at radius 2 is 1.46 bits per heavy atom. The molecule has 0 amide bonds. The van der Waals surface area contributed by atoms with E-state index in [9.17, 15) is 0 Å². The SMILES string of the molecule is COc1ccnc(-n2c3[c-]c(Oc4[c-]c(-n5nc(C(C)C)c(-c6c(C)cccc6C)c5C(C)C)ccc4)ccc3c3ccccc32)c1.[Pt+2]. The molecule has 0 bridgehead atoms. The van der Waals surface area contributed by atoms with Crippen molar-refractivity contribution in [1.29, 1.82) is 0 Å². The van der Waals surface area contributed by atoms with Crippen molar-refractivity contribution in [3.8, 4) is 39.9 Å². The van der Waals surface area contributed by atoms with E-state index in [-0.39, 0.29) is 32.9 Å². The van der Waals surface area contributed by atoms with E-state index >= 15 is 0 Å². The van der Waals surface area contributed by atoms with Crippen LogP contribution in [0.2, 0.25) is 0 Å². The number of rotatable bonds is 8. The normalized spacial score (nSPS) is 11.4. The number of aromatic nitrogens is 4. The Hall–Kier alpha value is -4.67. The van der Waals surface area contributed by atoms with Crippen LogP contribution < -0.4 is 9.47 Å². The molecule has 0 aliphatic carbocycles. The monoisotopic (exact) mass is 813 g/mol. The summed E-state index contributed by atoms with van der Waals surface area (Å²) >= 11 is 0. The Morgan fingerprint density at radius 1 is 0.729 bits per heavy atom. The fourth-order valence-electron chi connectivity index (χ4n) is 6.59. The van der Waals surface area contributed by atoms with Crippen LogP contribution in [0.3, 0.4) is 0 Å². The largest absolute Gasteiger partial charge is 2.00 e. The van der Waals surface area contributed by atoms with Crippen molar-refractivity contribution in [2.24, 2.45) is 0 Å². The average Bonchev–Trinajstić information content (AvgIpc) is 3.62. The van der Waals surface area contributed by atoms with Gasteiger partial charge in [-0.15, -0.1) is 35.7 Å². The first-order chi connectivity index (χ1) is 22.7. The molecule has 7 rings (SSSR count). The summed E-state index contributed by atoms with van der Waals surface area (Å²) < 4.78 is 16.1. The second kappa shape index (κ2) is 13.4. The third-order valence-corrected chi connectivity index (χ3v) is 8.71. The van der Waals surface area contributed by atoms with Crippen LogP contribution in [0, 0.1) is 26.0 Å². The molecule has 6 nitrogen and oxygen atoms in total. The van der Waals surface area contributed by atoms with Crippen LogP contribution in [-0.4, -0.2) is 26.4 Å². The predicted octanol–water partition coefficient (Wildman–Crippen LogP) is 10.3. The van der Waals surface area contributed by atoms with Crippen molar-refractivity contribution in [3.63, 3.8) is 0 Å². The Morgan fingerprint density at radius 3 is 2.19 bits per heavy atom. The molecule has 3 heterocycles. The van der Waals surface area contributed by atoms with Crippen molar-refractivity contribution < 1.29 is 30.5 Å². The summed E-state index contributed by atoms with van der Waals surface area (Å²) in [4.78, 5) is 4.67. The summed E-state index contributed by atoms with van der Waals surface area (Å²) in [7, 11) is 1.66. The van der Waals surface area contributed by atoms with Gasteiger partial charge >= 0.3 is 21.1 Å². The fourth-order valence-corrected chi connectivity index (χ4v) is 6.59. The summed E-state index contributed by atoms with van der Waals surface area (Å²) in [5.74, 6) is 3.13. The van der Waals surface area contributed by atoms with Gasteiger partial charge in [0.2, 0.25) is 0 Å². The number of nitrogens with zero attached hydrogens (tertiary/aromatic N) is 4. The molecule has 0 atom stereocenters. The Balaban J connectivity index is 0.00000401. The van der Waals surface area contributed by atoms with Crippen molar-refractivity contribution in [3.05, 3.63) is 126 Å². The number of para-hydroxylation sites is 1. The number of hydrogen-bond acceptors (Lipinski definition) is 4. The molecule has 0 aliphatic rings. The van der Waals surface area contributed by atoms with Crippen LogP contribution in [0.5, 0.6) is 17.2 Å². The molecule has 7 heteroatoms. The van der Waals surface area contributed by atoms with Crippen LogP contribution >= 0.6 is 0 Å². The zero-order valence-corrected chi connectivity index (χ0v) is 30.5. The van der Waals surface area contributed by atoms with Gasteiger partial charge in [0.05, 0.1) is 18.5 Å². The molecule has 0 radical (unpaired) electrons. The number of methoxy groups -OCH3 is 1. The zero-order valence-electron chi connectivity index (χ0n) is 28.2. The number of ether oxygens (including phenoxy) is 2. The molecule has 0 saturated heterocycles. The first kappa shape index (κ1) is 33.2. The van der Waals surface area contributed by atoms with E-state index in [2.05, 4.69) is 104 Å². The van der Waals surface area contributed by atoms with Crippen LogP contribution in [0.4, 0.5) is 0 Å². The predicted molar refractivity (Wildman–Crippen MR) is 190 cm³/mol. The van der Waals surface area contributed by atoms with Gasteiger partial charge < -0.3 is 14.0 Å². The van der Waals surface area contributed by atoms with Crippen LogP contribution in [0.15, 0.2) is 91.1 Å². The van der Waals surface area contributed by atoms with Gasteiger partial charge in [0.25, 0.3) is 0 Å². The first-order valence-electron chi connectivity index (χ1n) is 16.1. The van der Waals surface area contributed by atoms with Crippen molar-refractivity contribution in [1.82, 2.24) is 19.3 Å². The number of benzene rings is 4. The van der Waals surface area contributed by atoms with E-state index in [1.54, 1.807) is 13.3 Å². The molecule has 48 heavy (non-hydrogen) atoms. The molecular formula is C41H38N4O2Pt. The van der Waals surface area contributed by atoms with Crippen LogP contribution in [0.1, 0.15) is 62.0 Å². The van der Waals surface area contributed by atoms with Crippen molar-refractivity contribution >= 4 is 21.8 Å². The summed E-state index contributed by atoms with van der Waals surface area (Å²) in [6, 6.07) is 35.6. The van der Waals surface area contributed by atoms with Gasteiger partial charge in [-0.2, -0.15) is 17.2 Å². The molecule has 0 spiro atoms. The van der Waals surface area contributed by atoms with Gasteiger partial charge in [-0.05, 0) is 65.6 Å². The molecule has 3 aromatic heterocycles. The number of pyridine rings is 1. The van der Waals surface area contributed by atoms with E-state index in [0.29, 0.717) is 11.5 Å². The molecular weight excluding hydrogens is 776 g/mol. The Labute approximate surface area is 296 Å². The summed E-state index contributed by atoms with van der Waals surface area (Å²) in [5.41, 5.74) is 9.99.